The molecular formula is C7H8N4. The molecule has 0 unspecified atom stereocenters. The highest BCUT2D eigenvalue weighted by Gasteiger charge is 1.96. The monoisotopic (exact) mass is 148 g/mol. The first-order valence-electron chi connectivity index (χ1n) is 3.13. The van der Waals surface area contributed by atoms with Crippen molar-refractivity contribution in [3.8, 4) is 6.07 Å². The van der Waals surface area contributed by atoms with Crippen LogP contribution in [0.2, 0.25) is 0 Å². The van der Waals surface area contributed by atoms with Crippen LogP contribution >= 0.6 is 0 Å². The molecule has 0 bridgehead atoms. The summed E-state index contributed by atoms with van der Waals surface area (Å²) >= 11 is 0. The van der Waals surface area contributed by atoms with E-state index in [4.69, 9.17) is 5.26 Å². The van der Waals surface area contributed by atoms with Crippen molar-refractivity contribution in [3.05, 3.63) is 18.0 Å². The van der Waals surface area contributed by atoms with Crippen molar-refractivity contribution in [1.82, 2.24) is 9.97 Å². The number of rotatable bonds is 1. The van der Waals surface area contributed by atoms with Crippen molar-refractivity contribution < 1.29 is 0 Å². The number of hydrogen-bond donors (Lipinski definition) is 0. The van der Waals surface area contributed by atoms with Crippen LogP contribution in [-0.2, 0) is 0 Å². The topological polar surface area (TPSA) is 52.8 Å². The van der Waals surface area contributed by atoms with Crippen LogP contribution < -0.4 is 4.90 Å². The predicted octanol–water partition coefficient (Wildman–Crippen LogP) is 0.414. The normalized spacial score (nSPS) is 8.82. The first-order chi connectivity index (χ1) is 5.24. The van der Waals surface area contributed by atoms with Crippen molar-refractivity contribution in [3.63, 3.8) is 0 Å². The third-order valence-corrected chi connectivity index (χ3v) is 1.17. The van der Waals surface area contributed by atoms with Gasteiger partial charge in [0.1, 0.15) is 6.07 Å². The molecule has 0 radical (unpaired) electrons. The average Bonchev–Trinajstić information content (AvgIpc) is 2.05. The fourth-order valence-electron chi connectivity index (χ4n) is 0.610. The Morgan fingerprint density at radius 1 is 1.36 bits per heavy atom. The van der Waals surface area contributed by atoms with E-state index in [1.54, 1.807) is 4.90 Å². The molecule has 4 heteroatoms. The van der Waals surface area contributed by atoms with E-state index in [2.05, 4.69) is 9.97 Å². The highest BCUT2D eigenvalue weighted by atomic mass is 15.2. The molecule has 0 fully saturated rings. The first-order valence-corrected chi connectivity index (χ1v) is 3.13. The largest absolute Gasteiger partial charge is 0.347 e. The Kier molecular flexibility index (Phi) is 2.02. The highest BCUT2D eigenvalue weighted by Crippen LogP contribution is 2.00. The van der Waals surface area contributed by atoms with Gasteiger partial charge in [0.25, 0.3) is 0 Å². The Balaban J connectivity index is 2.94. The van der Waals surface area contributed by atoms with Crippen LogP contribution in [0, 0.1) is 11.3 Å². The predicted molar refractivity (Wildman–Crippen MR) is 41.1 cm³/mol. The summed E-state index contributed by atoms with van der Waals surface area (Å²) in [6.07, 6.45) is 3.00. The summed E-state index contributed by atoms with van der Waals surface area (Å²) in [5.41, 5.74) is 0.482. The Morgan fingerprint density at radius 3 is 2.27 bits per heavy atom. The molecule has 0 saturated carbocycles. The summed E-state index contributed by atoms with van der Waals surface area (Å²) in [5, 5.41) is 8.42. The zero-order chi connectivity index (χ0) is 8.27. The lowest BCUT2D eigenvalue weighted by Gasteiger charge is -2.07. The second-order valence-corrected chi connectivity index (χ2v) is 2.28. The lowest BCUT2D eigenvalue weighted by molar-refractivity contribution is 0.994. The second-order valence-electron chi connectivity index (χ2n) is 2.28. The van der Waals surface area contributed by atoms with Crippen LogP contribution in [0.1, 0.15) is 5.56 Å². The Labute approximate surface area is 65.1 Å². The van der Waals surface area contributed by atoms with E-state index in [1.807, 2.05) is 20.2 Å². The maximum atomic E-state index is 8.42. The van der Waals surface area contributed by atoms with Gasteiger partial charge < -0.3 is 4.90 Å². The van der Waals surface area contributed by atoms with Gasteiger partial charge >= 0.3 is 0 Å². The molecule has 1 aromatic rings. The molecule has 11 heavy (non-hydrogen) atoms. The smallest absolute Gasteiger partial charge is 0.224 e. The van der Waals surface area contributed by atoms with E-state index in [-0.39, 0.29) is 0 Å². The minimum Gasteiger partial charge on any atom is -0.347 e. The lowest BCUT2D eigenvalue weighted by Crippen LogP contribution is -2.12. The van der Waals surface area contributed by atoms with Gasteiger partial charge in [-0.25, -0.2) is 9.97 Å². The van der Waals surface area contributed by atoms with Crippen molar-refractivity contribution in [1.29, 1.82) is 5.26 Å². The molecule has 0 amide bonds. The standard InChI is InChI=1S/C7H8N4/c1-11(2)7-9-4-6(3-8)5-10-7/h4-5H,1-2H3. The summed E-state index contributed by atoms with van der Waals surface area (Å²) in [5.74, 6) is 0.615. The molecular weight excluding hydrogens is 140 g/mol. The van der Waals surface area contributed by atoms with Gasteiger partial charge in [0.15, 0.2) is 0 Å². The van der Waals surface area contributed by atoms with Crippen molar-refractivity contribution in [2.75, 3.05) is 19.0 Å². The molecule has 4 nitrogen and oxygen atoms in total. The fraction of sp³-hybridized carbons (Fsp3) is 0.286. The molecule has 1 heterocycles. The molecule has 0 aliphatic rings. The molecule has 0 spiro atoms. The number of anilines is 1. The molecule has 1 aromatic heterocycles. The van der Waals surface area contributed by atoms with Gasteiger partial charge in [0, 0.05) is 14.1 Å². The first kappa shape index (κ1) is 7.48. The Morgan fingerprint density at radius 2 is 1.91 bits per heavy atom. The summed E-state index contributed by atoms with van der Waals surface area (Å²) in [6.45, 7) is 0. The molecule has 56 valence electrons. The second kappa shape index (κ2) is 2.97. The summed E-state index contributed by atoms with van der Waals surface area (Å²) < 4.78 is 0. The fourth-order valence-corrected chi connectivity index (χ4v) is 0.610. The van der Waals surface area contributed by atoms with E-state index in [0.717, 1.165) is 0 Å². The molecule has 0 aliphatic carbocycles. The van der Waals surface area contributed by atoms with Crippen LogP contribution in [0.5, 0.6) is 0 Å². The average molecular weight is 148 g/mol. The molecule has 0 saturated heterocycles. The maximum absolute atomic E-state index is 8.42. The van der Waals surface area contributed by atoms with E-state index in [0.29, 0.717) is 11.5 Å². The van der Waals surface area contributed by atoms with Gasteiger partial charge in [-0.3, -0.25) is 0 Å². The van der Waals surface area contributed by atoms with E-state index < -0.39 is 0 Å². The van der Waals surface area contributed by atoms with Gasteiger partial charge in [0.2, 0.25) is 5.95 Å². The highest BCUT2D eigenvalue weighted by molar-refractivity contribution is 5.30. The summed E-state index contributed by atoms with van der Waals surface area (Å²) in [6, 6.07) is 1.95. The molecule has 0 atom stereocenters. The molecule has 0 aliphatic heterocycles. The van der Waals surface area contributed by atoms with Crippen LogP contribution in [-0.4, -0.2) is 24.1 Å². The summed E-state index contributed by atoms with van der Waals surface area (Å²) in [7, 11) is 3.70. The van der Waals surface area contributed by atoms with Gasteiger partial charge in [-0.2, -0.15) is 5.26 Å². The van der Waals surface area contributed by atoms with E-state index in [9.17, 15) is 0 Å². The molecule has 1 rings (SSSR count). The van der Waals surface area contributed by atoms with E-state index in [1.165, 1.54) is 12.4 Å². The number of hydrogen-bond acceptors (Lipinski definition) is 4. The minimum absolute atomic E-state index is 0.482. The van der Waals surface area contributed by atoms with Crippen molar-refractivity contribution >= 4 is 5.95 Å². The quantitative estimate of drug-likeness (QED) is 0.579. The molecule has 0 aromatic carbocycles. The zero-order valence-electron chi connectivity index (χ0n) is 6.44. The van der Waals surface area contributed by atoms with Gasteiger partial charge in [-0.1, -0.05) is 0 Å². The number of nitrogens with zero attached hydrogens (tertiary/aromatic N) is 4. The third kappa shape index (κ3) is 1.64. The van der Waals surface area contributed by atoms with Crippen LogP contribution in [0.3, 0.4) is 0 Å². The zero-order valence-corrected chi connectivity index (χ0v) is 6.44. The van der Waals surface area contributed by atoms with Crippen molar-refractivity contribution in [2.24, 2.45) is 0 Å². The SMILES string of the molecule is CN(C)c1ncc(C#N)cn1. The minimum atomic E-state index is 0.482. The van der Waals surface area contributed by atoms with E-state index >= 15 is 0 Å². The number of aromatic nitrogens is 2. The third-order valence-electron chi connectivity index (χ3n) is 1.17. The maximum Gasteiger partial charge on any atom is 0.224 e. The van der Waals surface area contributed by atoms with Crippen LogP contribution in [0.4, 0.5) is 5.95 Å². The van der Waals surface area contributed by atoms with Crippen LogP contribution in [0.15, 0.2) is 12.4 Å². The van der Waals surface area contributed by atoms with Gasteiger partial charge in [0.05, 0.1) is 18.0 Å². The van der Waals surface area contributed by atoms with Gasteiger partial charge in [-0.15, -0.1) is 0 Å². The van der Waals surface area contributed by atoms with Crippen molar-refractivity contribution in [2.45, 2.75) is 0 Å². The Bertz CT molecular complexity index is 269. The van der Waals surface area contributed by atoms with Crippen LogP contribution in [0.25, 0.3) is 0 Å². The molecule has 0 N–H and O–H groups in total. The number of nitriles is 1. The summed E-state index contributed by atoms with van der Waals surface area (Å²) in [4.78, 5) is 9.66. The van der Waals surface area contributed by atoms with Gasteiger partial charge in [-0.05, 0) is 0 Å². The lowest BCUT2D eigenvalue weighted by atomic mass is 10.4. The Hall–Kier alpha value is -1.63.